The summed E-state index contributed by atoms with van der Waals surface area (Å²) in [6.45, 7) is 6.89. The number of amides is 5. The molecule has 5 atom stereocenters. The molecule has 1 saturated carbocycles. The van der Waals surface area contributed by atoms with Crippen LogP contribution in [0.1, 0.15) is 89.3 Å². The van der Waals surface area contributed by atoms with Gasteiger partial charge in [0.2, 0.25) is 11.8 Å². The van der Waals surface area contributed by atoms with Gasteiger partial charge < -0.3 is 25.0 Å². The smallest absolute Gasteiger partial charge is 0.410 e. The van der Waals surface area contributed by atoms with Gasteiger partial charge in [0.25, 0.3) is 15.9 Å². The highest BCUT2D eigenvalue weighted by molar-refractivity contribution is 7.90. The highest BCUT2D eigenvalue weighted by atomic mass is 32.2. The zero-order chi connectivity index (χ0) is 40.4. The minimum absolute atomic E-state index is 0.0137. The summed E-state index contributed by atoms with van der Waals surface area (Å²) < 4.78 is 54.7. The third-order valence-electron chi connectivity index (χ3n) is 10.7. The van der Waals surface area contributed by atoms with Gasteiger partial charge in [-0.2, -0.15) is 0 Å². The summed E-state index contributed by atoms with van der Waals surface area (Å²) in [5, 5.41) is 5.46. The molecule has 2 fully saturated rings. The first-order chi connectivity index (χ1) is 26.5. The molecule has 3 N–H and O–H groups in total. The van der Waals surface area contributed by atoms with Crippen LogP contribution in [0.2, 0.25) is 0 Å². The van der Waals surface area contributed by atoms with Gasteiger partial charge in [-0.3, -0.25) is 19.3 Å². The Morgan fingerprint density at radius 3 is 2.48 bits per heavy atom. The number of rotatable bonds is 6. The largest absolute Gasteiger partial charge is 0.444 e. The van der Waals surface area contributed by atoms with Crippen molar-refractivity contribution in [3.63, 3.8) is 0 Å². The number of aryl methyl sites for hydroxylation is 1. The molecule has 14 nitrogen and oxygen atoms in total. The summed E-state index contributed by atoms with van der Waals surface area (Å²) in [4.78, 5) is 71.5. The van der Waals surface area contributed by atoms with E-state index in [1.807, 2.05) is 13.0 Å². The zero-order valence-electron chi connectivity index (χ0n) is 32.1. The average Bonchev–Trinajstić information content (AvgIpc) is 3.42. The number of ether oxygens (including phenoxy) is 2. The summed E-state index contributed by atoms with van der Waals surface area (Å²) in [7, 11) is -4.32. The maximum absolute atomic E-state index is 14.5. The van der Waals surface area contributed by atoms with Crippen molar-refractivity contribution in [2.24, 2.45) is 5.92 Å². The number of fused-ring (bicyclic) bond motifs is 3. The van der Waals surface area contributed by atoms with Gasteiger partial charge in [0.1, 0.15) is 35.1 Å². The number of hydrogen-bond donors (Lipinski definition) is 3. The molecule has 3 aliphatic heterocycles. The van der Waals surface area contributed by atoms with E-state index in [4.69, 9.17) is 9.47 Å². The average molecular weight is 796 g/mol. The topological polar surface area (TPSA) is 181 Å². The van der Waals surface area contributed by atoms with Crippen molar-refractivity contribution in [2.75, 3.05) is 6.54 Å². The van der Waals surface area contributed by atoms with Crippen LogP contribution in [-0.4, -0.2) is 84.0 Å². The van der Waals surface area contributed by atoms with E-state index < -0.39 is 81.0 Å². The minimum atomic E-state index is -4.32. The summed E-state index contributed by atoms with van der Waals surface area (Å²) in [6, 6.07) is 8.37. The number of alkyl carbamates (subject to hydrolysis) is 1. The molecule has 0 radical (unpaired) electrons. The predicted molar refractivity (Wildman–Crippen MR) is 202 cm³/mol. The number of halogens is 1. The first kappa shape index (κ1) is 40.7. The number of benzene rings is 2. The highest BCUT2D eigenvalue weighted by Gasteiger charge is 2.61. The molecule has 0 spiro atoms. The van der Waals surface area contributed by atoms with E-state index in [1.54, 1.807) is 51.1 Å². The fourth-order valence-electron chi connectivity index (χ4n) is 7.52. The molecule has 2 aromatic rings. The first-order valence-corrected chi connectivity index (χ1v) is 20.6. The van der Waals surface area contributed by atoms with Gasteiger partial charge in [0, 0.05) is 24.4 Å². The van der Waals surface area contributed by atoms with Crippen molar-refractivity contribution in [3.05, 3.63) is 77.1 Å². The molecule has 0 aromatic heterocycles. The van der Waals surface area contributed by atoms with Gasteiger partial charge in [-0.15, -0.1) is 0 Å². The Morgan fingerprint density at radius 1 is 1.04 bits per heavy atom. The zero-order valence-corrected chi connectivity index (χ0v) is 33.0. The van der Waals surface area contributed by atoms with Gasteiger partial charge in [-0.25, -0.2) is 27.1 Å². The molecule has 5 amide bonds. The molecule has 1 saturated heterocycles. The number of hydrogen-bond acceptors (Lipinski definition) is 9. The van der Waals surface area contributed by atoms with Crippen LogP contribution in [0.3, 0.4) is 0 Å². The van der Waals surface area contributed by atoms with Crippen LogP contribution >= 0.6 is 0 Å². The van der Waals surface area contributed by atoms with Crippen molar-refractivity contribution in [1.82, 2.24) is 25.2 Å². The Morgan fingerprint density at radius 2 is 1.79 bits per heavy atom. The number of allylic oxidation sites excluding steroid dienone is 1. The van der Waals surface area contributed by atoms with E-state index in [1.165, 1.54) is 28.0 Å². The summed E-state index contributed by atoms with van der Waals surface area (Å²) >= 11 is 0. The van der Waals surface area contributed by atoms with E-state index in [2.05, 4.69) is 15.4 Å². The van der Waals surface area contributed by atoms with Crippen molar-refractivity contribution in [2.45, 2.75) is 126 Å². The van der Waals surface area contributed by atoms with Crippen LogP contribution < -0.4 is 15.4 Å². The number of carbonyl (C=O) groups excluding carboxylic acids is 5. The molecule has 3 heterocycles. The van der Waals surface area contributed by atoms with E-state index in [0.29, 0.717) is 36.8 Å². The normalized spacial score (nSPS) is 26.0. The van der Waals surface area contributed by atoms with Crippen LogP contribution in [0.25, 0.3) is 0 Å². The Labute approximate surface area is 326 Å². The lowest BCUT2D eigenvalue weighted by molar-refractivity contribution is -0.141. The second kappa shape index (κ2) is 16.2. The van der Waals surface area contributed by atoms with Crippen LogP contribution in [0.15, 0.2) is 59.5 Å². The lowest BCUT2D eigenvalue weighted by atomic mass is 10.0. The van der Waals surface area contributed by atoms with Gasteiger partial charge >= 0.3 is 12.2 Å². The second-order valence-corrected chi connectivity index (χ2v) is 17.6. The number of sulfonamides is 1. The lowest BCUT2D eigenvalue weighted by Gasteiger charge is -2.30. The summed E-state index contributed by atoms with van der Waals surface area (Å²) in [5.41, 5.74) is -0.561. The maximum Gasteiger partial charge on any atom is 0.410 e. The fourth-order valence-corrected chi connectivity index (χ4v) is 8.56. The first-order valence-electron chi connectivity index (χ1n) is 19.2. The van der Waals surface area contributed by atoms with E-state index >= 15 is 0 Å². The molecule has 0 bridgehead atoms. The number of nitrogens with one attached hydrogen (secondary N) is 3. The third-order valence-corrected chi connectivity index (χ3v) is 12.0. The maximum atomic E-state index is 14.5. The van der Waals surface area contributed by atoms with Gasteiger partial charge in [0.05, 0.1) is 18.0 Å². The van der Waals surface area contributed by atoms with E-state index in [0.717, 1.165) is 12.0 Å². The molecular formula is C40H50FN5O9S. The van der Waals surface area contributed by atoms with Gasteiger partial charge in [-0.1, -0.05) is 56.2 Å². The minimum Gasteiger partial charge on any atom is -0.444 e. The van der Waals surface area contributed by atoms with Gasteiger partial charge in [0.15, 0.2) is 0 Å². The van der Waals surface area contributed by atoms with Crippen LogP contribution in [0.4, 0.5) is 14.0 Å². The van der Waals surface area contributed by atoms with Crippen molar-refractivity contribution >= 4 is 39.9 Å². The number of carbonyl (C=O) groups is 5. The van der Waals surface area contributed by atoms with Crippen LogP contribution in [0.5, 0.6) is 0 Å². The molecule has 4 aliphatic rings. The van der Waals surface area contributed by atoms with Gasteiger partial charge in [-0.05, 0) is 82.2 Å². The Kier molecular flexibility index (Phi) is 11.8. The lowest BCUT2D eigenvalue weighted by Crippen LogP contribution is -2.58. The molecule has 0 unspecified atom stereocenters. The van der Waals surface area contributed by atoms with Crippen molar-refractivity contribution < 1.29 is 46.3 Å². The Bertz CT molecular complexity index is 2000. The standard InChI is InChI=1S/C40H50FN5O9S/c1-5-25-16-18-29(19-17-25)56(52,53)44-36(49)40-21-27(40)13-9-7-6-8-10-15-32(42-37(50)55-39(2,3)4)35(48)46-23-28(20-33(46)34(47)43-40)54-38(51)45-22-26-12-11-14-31(41)30(26)24-45/h9,11-14,16-19,27-28,32-33H,5-8,10,15,20-24H2,1-4H3,(H,42,50)(H,43,47)(H,44,49)/b13-9-/t27-,28-,32+,33+,40-/m1/s1. The second-order valence-electron chi connectivity index (χ2n) is 15.9. The van der Waals surface area contributed by atoms with Crippen molar-refractivity contribution in [3.8, 4) is 0 Å². The SMILES string of the molecule is CCc1ccc(S(=O)(=O)NC(=O)[C@@]23C[C@H]2/C=C\CCCCC[C@H](NC(=O)OC(C)(C)C)C(=O)N2C[C@H](OC(=O)N4Cc5cccc(F)c5C4)C[C@H]2C(=O)N3)cc1. The van der Waals surface area contributed by atoms with E-state index in [-0.39, 0.29) is 43.8 Å². The Balaban J connectivity index is 1.26. The molecule has 56 heavy (non-hydrogen) atoms. The molecule has 6 rings (SSSR count). The fraction of sp³-hybridized carbons (Fsp3) is 0.525. The molecule has 1 aliphatic carbocycles. The molecular weight excluding hydrogens is 746 g/mol. The van der Waals surface area contributed by atoms with Crippen LogP contribution in [-0.2, 0) is 53.4 Å². The van der Waals surface area contributed by atoms with Crippen molar-refractivity contribution in [1.29, 1.82) is 0 Å². The molecule has 2 aromatic carbocycles. The summed E-state index contributed by atoms with van der Waals surface area (Å²) in [5.74, 6) is -3.26. The van der Waals surface area contributed by atoms with E-state index in [9.17, 15) is 36.8 Å². The highest BCUT2D eigenvalue weighted by Crippen LogP contribution is 2.46. The number of nitrogens with zero attached hydrogens (tertiary/aromatic N) is 2. The summed E-state index contributed by atoms with van der Waals surface area (Å²) in [6.07, 6.45) is 4.66. The molecule has 302 valence electrons. The third kappa shape index (κ3) is 9.17. The Hall–Kier alpha value is -4.99. The monoisotopic (exact) mass is 795 g/mol. The molecule has 16 heteroatoms. The van der Waals surface area contributed by atoms with Crippen LogP contribution in [0, 0.1) is 11.7 Å². The quantitative estimate of drug-likeness (QED) is 0.352. The predicted octanol–water partition coefficient (Wildman–Crippen LogP) is 4.60.